The second kappa shape index (κ2) is 6.19. The van der Waals surface area contributed by atoms with E-state index in [1.165, 1.54) is 13.0 Å². The Morgan fingerprint density at radius 1 is 1.45 bits per heavy atom. The first-order valence-corrected chi connectivity index (χ1v) is 5.85. The minimum atomic E-state index is -3.76. The van der Waals surface area contributed by atoms with E-state index >= 15 is 0 Å². The van der Waals surface area contributed by atoms with Gasteiger partial charge in [0.15, 0.2) is 0 Å². The molecule has 1 aromatic heterocycles. The fraction of sp³-hybridized carbons (Fsp3) is 0.308. The molecule has 3 N–H and O–H groups in total. The molecule has 0 unspecified atom stereocenters. The van der Waals surface area contributed by atoms with Crippen molar-refractivity contribution in [2.24, 2.45) is 5.73 Å². The Morgan fingerprint density at radius 3 is 2.80 bits per heavy atom. The summed E-state index contributed by atoms with van der Waals surface area (Å²) in [4.78, 5) is 14.2. The van der Waals surface area contributed by atoms with Crippen molar-refractivity contribution in [3.8, 4) is 0 Å². The average molecular weight is 305 g/mol. The maximum Gasteiger partial charge on any atom is 0.379 e. The number of H-pyrrole nitrogens is 1. The number of carbonyl (C=O) groups is 1. The topological polar surface area (TPSA) is 68.1 Å². The van der Waals surface area contributed by atoms with E-state index in [2.05, 4.69) is 9.72 Å². The Hall–Kier alpha value is -1.66. The number of hydrogen-bond acceptors (Lipinski definition) is 3. The number of alkyl halides is 2. The molecule has 0 amide bonds. The van der Waals surface area contributed by atoms with Crippen LogP contribution in [0.1, 0.15) is 18.5 Å². The predicted octanol–water partition coefficient (Wildman–Crippen LogP) is 2.79. The number of aromatic nitrogens is 1. The van der Waals surface area contributed by atoms with E-state index in [0.717, 1.165) is 0 Å². The molecule has 1 aromatic carbocycles. The monoisotopic (exact) mass is 304 g/mol. The highest BCUT2D eigenvalue weighted by Gasteiger charge is 2.48. The zero-order valence-electron chi connectivity index (χ0n) is 10.7. The summed E-state index contributed by atoms with van der Waals surface area (Å²) in [6.07, 6.45) is 1.63. The molecule has 0 aliphatic rings. The third kappa shape index (κ3) is 2.76. The normalized spacial score (nSPS) is 12.8. The molecule has 0 radical (unpaired) electrons. The van der Waals surface area contributed by atoms with Crippen molar-refractivity contribution >= 4 is 29.3 Å². The van der Waals surface area contributed by atoms with Crippen molar-refractivity contribution in [1.82, 2.24) is 4.98 Å². The fourth-order valence-corrected chi connectivity index (χ4v) is 1.93. The average Bonchev–Trinajstić information content (AvgIpc) is 2.86. The number of hydrogen-bond donors (Lipinski definition) is 2. The number of halogens is 3. The van der Waals surface area contributed by atoms with E-state index in [-0.39, 0.29) is 24.6 Å². The molecule has 0 bridgehead atoms. The number of fused-ring (bicyclic) bond motifs is 1. The maximum atomic E-state index is 13.9. The highest BCUT2D eigenvalue weighted by Crippen LogP contribution is 2.34. The lowest BCUT2D eigenvalue weighted by Gasteiger charge is -2.22. The molecule has 2 aromatic rings. The summed E-state index contributed by atoms with van der Waals surface area (Å²) in [6, 6.07) is 4.73. The molecule has 0 aliphatic carbocycles. The van der Waals surface area contributed by atoms with E-state index in [1.807, 2.05) is 0 Å². The van der Waals surface area contributed by atoms with Crippen molar-refractivity contribution in [2.75, 3.05) is 6.61 Å². The number of benzene rings is 1. The lowest BCUT2D eigenvalue weighted by Crippen LogP contribution is -2.41. The molecular weight excluding hydrogens is 290 g/mol. The third-order valence-corrected chi connectivity index (χ3v) is 2.90. The van der Waals surface area contributed by atoms with Crippen molar-refractivity contribution in [2.45, 2.75) is 18.9 Å². The Kier molecular flexibility index (Phi) is 5.08. The second-order valence-electron chi connectivity index (χ2n) is 4.11. The summed E-state index contributed by atoms with van der Waals surface area (Å²) in [5.74, 6) is -5.36. The van der Waals surface area contributed by atoms with Crippen LogP contribution in [0.4, 0.5) is 8.78 Å². The molecule has 0 fully saturated rings. The molecule has 0 saturated carbocycles. The highest BCUT2D eigenvalue weighted by molar-refractivity contribution is 5.86. The summed E-state index contributed by atoms with van der Waals surface area (Å²) in [5, 5.41) is 0.568. The van der Waals surface area contributed by atoms with Crippen molar-refractivity contribution in [3.63, 3.8) is 0 Å². The molecule has 20 heavy (non-hydrogen) atoms. The first kappa shape index (κ1) is 16.4. The summed E-state index contributed by atoms with van der Waals surface area (Å²) in [7, 11) is 0. The van der Waals surface area contributed by atoms with Crippen LogP contribution in [-0.4, -0.2) is 23.5 Å². The number of nitrogens with one attached hydrogen (secondary N) is 1. The van der Waals surface area contributed by atoms with Gasteiger partial charge < -0.3 is 15.5 Å². The van der Waals surface area contributed by atoms with Crippen LogP contribution in [0.2, 0.25) is 0 Å². The van der Waals surface area contributed by atoms with Crippen molar-refractivity contribution < 1.29 is 18.3 Å². The zero-order valence-corrected chi connectivity index (χ0v) is 11.5. The third-order valence-electron chi connectivity index (χ3n) is 2.90. The molecule has 0 saturated heterocycles. The second-order valence-corrected chi connectivity index (χ2v) is 4.11. The Morgan fingerprint density at radius 2 is 2.15 bits per heavy atom. The van der Waals surface area contributed by atoms with Gasteiger partial charge in [0.1, 0.15) is 6.04 Å². The number of nitrogens with two attached hydrogens (primary N) is 1. The van der Waals surface area contributed by atoms with Gasteiger partial charge in [-0.25, -0.2) is 4.79 Å². The summed E-state index contributed by atoms with van der Waals surface area (Å²) < 4.78 is 32.2. The van der Waals surface area contributed by atoms with Crippen molar-refractivity contribution in [1.29, 1.82) is 0 Å². The number of rotatable bonds is 4. The van der Waals surface area contributed by atoms with E-state index in [1.54, 1.807) is 24.4 Å². The van der Waals surface area contributed by atoms with Crippen LogP contribution < -0.4 is 5.73 Å². The van der Waals surface area contributed by atoms with Gasteiger partial charge in [-0.3, -0.25) is 0 Å². The van der Waals surface area contributed by atoms with Crippen LogP contribution in [0, 0.1) is 0 Å². The molecule has 110 valence electrons. The number of carbonyl (C=O) groups excluding carboxylic acids is 1. The standard InChI is InChI=1S/C13H14F2N2O2.ClH/c1-2-19-12(18)13(14,15)11(16)9-4-3-5-10-8(9)6-7-17-10;/h3-7,11,17H,2,16H2,1H3;1H/t11-;/m1./s1. The van der Waals surface area contributed by atoms with E-state index in [9.17, 15) is 13.6 Å². The van der Waals surface area contributed by atoms with Gasteiger partial charge in [-0.1, -0.05) is 12.1 Å². The molecule has 1 heterocycles. The van der Waals surface area contributed by atoms with Crippen LogP contribution in [-0.2, 0) is 9.53 Å². The Bertz CT molecular complexity index is 601. The molecular formula is C13H15ClF2N2O2. The first-order chi connectivity index (χ1) is 8.98. The molecule has 2 rings (SSSR count). The van der Waals surface area contributed by atoms with Gasteiger partial charge in [0, 0.05) is 17.1 Å². The molecule has 7 heteroatoms. The van der Waals surface area contributed by atoms with Crippen LogP contribution in [0.15, 0.2) is 30.5 Å². The van der Waals surface area contributed by atoms with Gasteiger partial charge >= 0.3 is 11.9 Å². The summed E-state index contributed by atoms with van der Waals surface area (Å²) in [6.45, 7) is 1.35. The van der Waals surface area contributed by atoms with E-state index < -0.39 is 17.9 Å². The minimum Gasteiger partial charge on any atom is -0.462 e. The SMILES string of the molecule is CCOC(=O)C(F)(F)[C@H](N)c1cccc2[nH]ccc12.Cl. The molecule has 1 atom stereocenters. The maximum absolute atomic E-state index is 13.9. The van der Waals surface area contributed by atoms with Gasteiger partial charge in [0.2, 0.25) is 0 Å². The first-order valence-electron chi connectivity index (χ1n) is 5.85. The molecule has 0 aliphatic heterocycles. The Labute approximate surface area is 120 Å². The van der Waals surface area contributed by atoms with Gasteiger partial charge in [-0.2, -0.15) is 8.78 Å². The van der Waals surface area contributed by atoms with Crippen LogP contribution in [0.25, 0.3) is 10.9 Å². The van der Waals surface area contributed by atoms with Crippen LogP contribution >= 0.6 is 12.4 Å². The highest BCUT2D eigenvalue weighted by atomic mass is 35.5. The largest absolute Gasteiger partial charge is 0.462 e. The molecule has 0 spiro atoms. The quantitative estimate of drug-likeness (QED) is 0.853. The predicted molar refractivity (Wildman–Crippen MR) is 74.1 cm³/mol. The minimum absolute atomic E-state index is 0. The Balaban J connectivity index is 0.00000200. The van der Waals surface area contributed by atoms with Gasteiger partial charge in [-0.05, 0) is 24.6 Å². The van der Waals surface area contributed by atoms with Gasteiger partial charge in [0.05, 0.1) is 6.61 Å². The number of ether oxygens (including phenoxy) is 1. The van der Waals surface area contributed by atoms with E-state index in [4.69, 9.17) is 5.73 Å². The number of esters is 1. The van der Waals surface area contributed by atoms with Crippen LogP contribution in [0.3, 0.4) is 0 Å². The molecule has 4 nitrogen and oxygen atoms in total. The smallest absolute Gasteiger partial charge is 0.379 e. The van der Waals surface area contributed by atoms with Crippen LogP contribution in [0.5, 0.6) is 0 Å². The lowest BCUT2D eigenvalue weighted by atomic mass is 9.98. The number of aromatic amines is 1. The van der Waals surface area contributed by atoms with E-state index in [0.29, 0.717) is 10.9 Å². The lowest BCUT2D eigenvalue weighted by molar-refractivity contribution is -0.174. The van der Waals surface area contributed by atoms with Crippen molar-refractivity contribution in [3.05, 3.63) is 36.0 Å². The fourth-order valence-electron chi connectivity index (χ4n) is 1.93. The van der Waals surface area contributed by atoms with Gasteiger partial charge in [-0.15, -0.1) is 12.4 Å². The van der Waals surface area contributed by atoms with Gasteiger partial charge in [0.25, 0.3) is 0 Å². The summed E-state index contributed by atoms with van der Waals surface area (Å²) >= 11 is 0. The summed E-state index contributed by atoms with van der Waals surface area (Å²) in [5.41, 5.74) is 6.46. The zero-order chi connectivity index (χ0) is 14.0.